The van der Waals surface area contributed by atoms with Crippen molar-refractivity contribution in [2.45, 2.75) is 32.2 Å². The van der Waals surface area contributed by atoms with Crippen molar-refractivity contribution in [3.8, 4) is 0 Å². The molecule has 4 nitrogen and oxygen atoms in total. The lowest BCUT2D eigenvalue weighted by Gasteiger charge is -2.41. The second-order valence-corrected chi connectivity index (χ2v) is 7.30. The molecule has 1 aliphatic heterocycles. The molecule has 1 aromatic carbocycles. The second-order valence-electron chi connectivity index (χ2n) is 6.89. The molecule has 0 amide bonds. The van der Waals surface area contributed by atoms with Gasteiger partial charge in [-0.25, -0.2) is 0 Å². The molecule has 0 saturated carbocycles. The van der Waals surface area contributed by atoms with Crippen LogP contribution < -0.4 is 0 Å². The zero-order chi connectivity index (χ0) is 16.8. The van der Waals surface area contributed by atoms with E-state index >= 15 is 0 Å². The van der Waals surface area contributed by atoms with Crippen molar-refractivity contribution in [1.82, 2.24) is 14.7 Å². The minimum Gasteiger partial charge on any atom is -0.396 e. The Morgan fingerprint density at radius 3 is 2.58 bits per heavy atom. The molecular formula is C19H26ClN3O. The third kappa shape index (κ3) is 4.38. The minimum absolute atomic E-state index is 0.0243. The molecule has 0 radical (unpaired) electrons. The summed E-state index contributed by atoms with van der Waals surface area (Å²) >= 11 is 6.31. The van der Waals surface area contributed by atoms with Crippen molar-refractivity contribution in [2.24, 2.45) is 5.41 Å². The van der Waals surface area contributed by atoms with Crippen LogP contribution in [0.5, 0.6) is 0 Å². The molecule has 1 aliphatic rings. The number of hydrogen-bond acceptors (Lipinski definition) is 3. The second kappa shape index (κ2) is 8.15. The molecule has 1 aromatic heterocycles. The van der Waals surface area contributed by atoms with Gasteiger partial charge in [0.2, 0.25) is 0 Å². The number of aromatic nitrogens is 2. The zero-order valence-electron chi connectivity index (χ0n) is 14.1. The molecule has 1 saturated heterocycles. The number of aliphatic hydroxyl groups excluding tert-OH is 1. The Morgan fingerprint density at radius 2 is 1.92 bits per heavy atom. The average molecular weight is 348 g/mol. The van der Waals surface area contributed by atoms with Crippen LogP contribution in [0.25, 0.3) is 0 Å². The lowest BCUT2D eigenvalue weighted by molar-refractivity contribution is 0.0433. The van der Waals surface area contributed by atoms with Gasteiger partial charge in [-0.15, -0.1) is 0 Å². The number of likely N-dealkylation sites (tertiary alicyclic amines) is 1. The Morgan fingerprint density at radius 1 is 1.12 bits per heavy atom. The Bertz CT molecular complexity index is 621. The molecule has 5 heteroatoms. The first-order chi connectivity index (χ1) is 11.7. The van der Waals surface area contributed by atoms with Gasteiger partial charge in [-0.3, -0.25) is 4.68 Å². The van der Waals surface area contributed by atoms with E-state index in [1.54, 1.807) is 0 Å². The molecule has 0 unspecified atom stereocenters. The van der Waals surface area contributed by atoms with Gasteiger partial charge in [0.25, 0.3) is 0 Å². The highest BCUT2D eigenvalue weighted by Gasteiger charge is 2.34. The number of aliphatic hydroxyl groups is 1. The van der Waals surface area contributed by atoms with E-state index in [0.29, 0.717) is 0 Å². The quantitative estimate of drug-likeness (QED) is 0.836. The maximum atomic E-state index is 10.0. The lowest BCUT2D eigenvalue weighted by Crippen LogP contribution is -2.43. The van der Waals surface area contributed by atoms with Crippen molar-refractivity contribution in [3.05, 3.63) is 53.3 Å². The molecule has 1 fully saturated rings. The Hall–Kier alpha value is -1.36. The number of benzene rings is 1. The normalized spacial score (nSPS) is 17.9. The van der Waals surface area contributed by atoms with Crippen molar-refractivity contribution >= 4 is 11.6 Å². The summed E-state index contributed by atoms with van der Waals surface area (Å²) in [5.41, 5.74) is 1.13. The van der Waals surface area contributed by atoms with Crippen LogP contribution in [-0.4, -0.2) is 46.0 Å². The number of halogens is 1. The topological polar surface area (TPSA) is 41.3 Å². The molecule has 24 heavy (non-hydrogen) atoms. The van der Waals surface area contributed by atoms with Gasteiger partial charge in [0.15, 0.2) is 0 Å². The Kier molecular flexibility index (Phi) is 5.93. The first kappa shape index (κ1) is 17.5. The summed E-state index contributed by atoms with van der Waals surface area (Å²) in [6.45, 7) is 4.38. The van der Waals surface area contributed by atoms with Gasteiger partial charge in [-0.1, -0.05) is 29.8 Å². The van der Waals surface area contributed by atoms with Crippen LogP contribution in [0.4, 0.5) is 0 Å². The largest absolute Gasteiger partial charge is 0.396 e. The van der Waals surface area contributed by atoms with E-state index in [2.05, 4.69) is 16.1 Å². The van der Waals surface area contributed by atoms with Gasteiger partial charge < -0.3 is 10.0 Å². The van der Waals surface area contributed by atoms with Crippen LogP contribution >= 0.6 is 11.6 Å². The average Bonchev–Trinajstić information content (AvgIpc) is 3.12. The van der Waals surface area contributed by atoms with E-state index in [1.807, 2.05) is 41.3 Å². The SMILES string of the molecule is OCC1(Cc2ccccc2Cl)CCN(CCCn2cccn2)CC1. The maximum absolute atomic E-state index is 10.0. The first-order valence-electron chi connectivity index (χ1n) is 8.75. The summed E-state index contributed by atoms with van der Waals surface area (Å²) in [5.74, 6) is 0. The maximum Gasteiger partial charge on any atom is 0.0491 e. The van der Waals surface area contributed by atoms with E-state index in [0.717, 1.165) is 62.4 Å². The summed E-state index contributed by atoms with van der Waals surface area (Å²) in [4.78, 5) is 2.50. The van der Waals surface area contributed by atoms with E-state index in [4.69, 9.17) is 11.6 Å². The van der Waals surface area contributed by atoms with Crippen molar-refractivity contribution in [1.29, 1.82) is 0 Å². The van der Waals surface area contributed by atoms with Crippen LogP contribution in [-0.2, 0) is 13.0 Å². The molecule has 0 bridgehead atoms. The number of piperidine rings is 1. The molecule has 2 aromatic rings. The number of hydrogen-bond donors (Lipinski definition) is 1. The van der Waals surface area contributed by atoms with Gasteiger partial charge in [0.05, 0.1) is 0 Å². The van der Waals surface area contributed by atoms with Crippen molar-refractivity contribution < 1.29 is 5.11 Å². The number of nitrogens with zero attached hydrogens (tertiary/aromatic N) is 3. The van der Waals surface area contributed by atoms with Gasteiger partial charge in [0, 0.05) is 30.6 Å². The molecular weight excluding hydrogens is 322 g/mol. The van der Waals surface area contributed by atoms with Crippen LogP contribution in [0.2, 0.25) is 5.02 Å². The lowest BCUT2D eigenvalue weighted by atomic mass is 9.74. The van der Waals surface area contributed by atoms with Crippen LogP contribution in [0, 0.1) is 5.41 Å². The summed E-state index contributed by atoms with van der Waals surface area (Å²) in [6, 6.07) is 9.96. The van der Waals surface area contributed by atoms with Crippen LogP contribution in [0.3, 0.4) is 0 Å². The fourth-order valence-electron chi connectivity index (χ4n) is 3.58. The highest BCUT2D eigenvalue weighted by atomic mass is 35.5. The fourth-order valence-corrected chi connectivity index (χ4v) is 3.78. The smallest absolute Gasteiger partial charge is 0.0491 e. The van der Waals surface area contributed by atoms with Crippen molar-refractivity contribution in [2.75, 3.05) is 26.2 Å². The molecule has 3 rings (SSSR count). The van der Waals surface area contributed by atoms with E-state index < -0.39 is 0 Å². The zero-order valence-corrected chi connectivity index (χ0v) is 14.8. The Labute approximate surface area is 149 Å². The Balaban J connectivity index is 1.49. The van der Waals surface area contributed by atoms with Gasteiger partial charge in [-0.2, -0.15) is 5.10 Å². The molecule has 130 valence electrons. The fraction of sp³-hybridized carbons (Fsp3) is 0.526. The summed E-state index contributed by atoms with van der Waals surface area (Å²) in [7, 11) is 0. The van der Waals surface area contributed by atoms with Gasteiger partial charge >= 0.3 is 0 Å². The van der Waals surface area contributed by atoms with E-state index in [9.17, 15) is 5.11 Å². The third-order valence-corrected chi connectivity index (χ3v) is 5.56. The third-order valence-electron chi connectivity index (χ3n) is 5.20. The minimum atomic E-state index is -0.0243. The first-order valence-corrected chi connectivity index (χ1v) is 9.13. The van der Waals surface area contributed by atoms with Gasteiger partial charge in [-0.05, 0) is 68.4 Å². The van der Waals surface area contributed by atoms with Crippen molar-refractivity contribution in [3.63, 3.8) is 0 Å². The van der Waals surface area contributed by atoms with E-state index in [-0.39, 0.29) is 12.0 Å². The molecule has 2 heterocycles. The summed E-state index contributed by atoms with van der Waals surface area (Å²) < 4.78 is 1.99. The number of rotatable bonds is 7. The van der Waals surface area contributed by atoms with Crippen LogP contribution in [0.15, 0.2) is 42.7 Å². The highest BCUT2D eigenvalue weighted by molar-refractivity contribution is 6.31. The highest BCUT2D eigenvalue weighted by Crippen LogP contribution is 2.36. The molecule has 0 aliphatic carbocycles. The summed E-state index contributed by atoms with van der Waals surface area (Å²) in [6.07, 6.45) is 7.86. The predicted octanol–water partition coefficient (Wildman–Crippen LogP) is 3.24. The van der Waals surface area contributed by atoms with E-state index in [1.165, 1.54) is 0 Å². The van der Waals surface area contributed by atoms with Gasteiger partial charge in [0.1, 0.15) is 0 Å². The predicted molar refractivity (Wildman–Crippen MR) is 97.2 cm³/mol. The molecule has 0 spiro atoms. The summed E-state index contributed by atoms with van der Waals surface area (Å²) in [5, 5.41) is 15.1. The van der Waals surface area contributed by atoms with Crippen LogP contribution in [0.1, 0.15) is 24.8 Å². The number of aryl methyl sites for hydroxylation is 1. The standard InChI is InChI=1S/C19H26ClN3O/c20-18-6-2-1-5-17(18)15-19(16-24)7-13-22(14-8-19)10-4-12-23-11-3-9-21-23/h1-3,5-6,9,11,24H,4,7-8,10,12-16H2. The molecule has 1 N–H and O–H groups in total. The monoisotopic (exact) mass is 347 g/mol. The molecule has 0 atom stereocenters.